The lowest BCUT2D eigenvalue weighted by Gasteiger charge is -2.48. The lowest BCUT2D eigenvalue weighted by Crippen LogP contribution is -2.66. The van der Waals surface area contributed by atoms with Crippen LogP contribution >= 0.6 is 0 Å². The Hall–Kier alpha value is -2.77. The summed E-state index contributed by atoms with van der Waals surface area (Å²) in [4.78, 5) is 13.5. The Morgan fingerprint density at radius 1 is 0.333 bits per heavy atom. The number of rotatable bonds is 71. The molecule has 0 bridgehead atoms. The lowest BCUT2D eigenvalue weighted by atomic mass is 9.96. The summed E-state index contributed by atoms with van der Waals surface area (Å²) in [7, 11) is 0. The summed E-state index contributed by atoms with van der Waals surface area (Å²) in [5.41, 5.74) is 0. The minimum Gasteiger partial charge on any atom is -0.394 e. The van der Waals surface area contributed by atoms with Gasteiger partial charge in [0.2, 0.25) is 5.91 Å². The van der Waals surface area contributed by atoms with Gasteiger partial charge < -0.3 is 89.9 Å². The van der Waals surface area contributed by atoms with Gasteiger partial charge in [-0.05, 0) is 83.5 Å². The van der Waals surface area contributed by atoms with Crippen LogP contribution in [0.15, 0.2) is 72.9 Å². The number of allylic oxidation sites excluding steroid dienone is 11. The van der Waals surface area contributed by atoms with Crippen molar-refractivity contribution in [2.75, 3.05) is 26.4 Å². The Morgan fingerprint density at radius 2 is 0.620 bits per heavy atom. The maximum Gasteiger partial charge on any atom is 0.220 e. The monoisotopic (exact) mass is 1530 g/mol. The van der Waals surface area contributed by atoms with Crippen LogP contribution in [0.3, 0.4) is 0 Å². The van der Waals surface area contributed by atoms with Crippen molar-refractivity contribution in [1.29, 1.82) is 0 Å². The number of hydrogen-bond donors (Lipinski definition) is 12. The summed E-state index contributed by atoms with van der Waals surface area (Å²) in [6.45, 7) is 1.75. The van der Waals surface area contributed by atoms with Crippen molar-refractivity contribution in [2.24, 2.45) is 0 Å². The molecule has 0 radical (unpaired) electrons. The van der Waals surface area contributed by atoms with E-state index < -0.39 is 124 Å². The summed E-state index contributed by atoms with van der Waals surface area (Å²) in [5.74, 6) is -0.285. The lowest BCUT2D eigenvalue weighted by molar-refractivity contribution is -0.379. The van der Waals surface area contributed by atoms with Crippen molar-refractivity contribution in [3.63, 3.8) is 0 Å². The van der Waals surface area contributed by atoms with Crippen LogP contribution in [0.25, 0.3) is 0 Å². The molecule has 630 valence electrons. The number of unbranched alkanes of at least 4 members (excludes halogenated alkanes) is 45. The molecule has 12 N–H and O–H groups in total. The van der Waals surface area contributed by atoms with E-state index in [0.29, 0.717) is 12.8 Å². The van der Waals surface area contributed by atoms with Crippen LogP contribution in [-0.2, 0) is 33.2 Å². The van der Waals surface area contributed by atoms with Gasteiger partial charge in [-0.1, -0.05) is 337 Å². The SMILES string of the molecule is CCCCCCC/C=C\C/C=C\C/C=C\CCCCCCCCCCCCCCCCCCCCCCC(=O)NC(COC1OC(CO)C(OC2OC(CO)C(OC3OC(CO)C(O)C(O)C3O)C(O)C2O)C(O)C1O)C(O)/C=C/CC/C=C/CC/C=C/CCCCCCCCCCCCCCCCCCCC. The van der Waals surface area contributed by atoms with Crippen LogP contribution in [0.5, 0.6) is 0 Å². The predicted octanol–water partition coefficient (Wildman–Crippen LogP) is 16.3. The van der Waals surface area contributed by atoms with Gasteiger partial charge in [0.15, 0.2) is 18.9 Å². The molecule has 19 heteroatoms. The average Bonchev–Trinajstić information content (AvgIpc) is 0.774. The Morgan fingerprint density at radius 3 is 0.991 bits per heavy atom. The average molecular weight is 1530 g/mol. The van der Waals surface area contributed by atoms with E-state index in [1.165, 1.54) is 263 Å². The number of aliphatic hydroxyl groups is 11. The van der Waals surface area contributed by atoms with Crippen molar-refractivity contribution in [3.05, 3.63) is 72.9 Å². The van der Waals surface area contributed by atoms with Crippen molar-refractivity contribution < 1.29 is 89.4 Å². The fourth-order valence-corrected chi connectivity index (χ4v) is 14.6. The van der Waals surface area contributed by atoms with E-state index in [-0.39, 0.29) is 18.9 Å². The quantitative estimate of drug-likeness (QED) is 0.0199. The predicted molar refractivity (Wildman–Crippen MR) is 434 cm³/mol. The van der Waals surface area contributed by atoms with Gasteiger partial charge in [0, 0.05) is 6.42 Å². The molecule has 17 atom stereocenters. The molecule has 3 saturated heterocycles. The third kappa shape index (κ3) is 47.2. The smallest absolute Gasteiger partial charge is 0.220 e. The highest BCUT2D eigenvalue weighted by molar-refractivity contribution is 5.76. The second kappa shape index (κ2) is 68.6. The molecule has 0 aromatic heterocycles. The highest BCUT2D eigenvalue weighted by Crippen LogP contribution is 2.33. The number of amides is 1. The number of aliphatic hydroxyl groups excluding tert-OH is 11. The highest BCUT2D eigenvalue weighted by atomic mass is 16.8. The third-order valence-corrected chi connectivity index (χ3v) is 21.7. The van der Waals surface area contributed by atoms with E-state index in [0.717, 1.165) is 57.8 Å². The van der Waals surface area contributed by atoms with E-state index in [4.69, 9.17) is 28.4 Å². The van der Waals surface area contributed by atoms with Gasteiger partial charge in [-0.2, -0.15) is 0 Å². The molecule has 1 amide bonds. The molecule has 0 aromatic carbocycles. The van der Waals surface area contributed by atoms with Gasteiger partial charge in [-0.25, -0.2) is 0 Å². The number of carbonyl (C=O) groups excluding carboxylic acids is 1. The topological polar surface area (TPSA) is 307 Å². The Bertz CT molecular complexity index is 2230. The summed E-state index contributed by atoms with van der Waals surface area (Å²) < 4.78 is 34.5. The van der Waals surface area contributed by atoms with Crippen molar-refractivity contribution in [1.82, 2.24) is 5.32 Å². The van der Waals surface area contributed by atoms with E-state index in [1.807, 2.05) is 6.08 Å². The molecule has 0 aromatic rings. The summed E-state index contributed by atoms with van der Waals surface area (Å²) in [5, 5.41) is 121. The zero-order valence-electron chi connectivity index (χ0n) is 67.8. The second-order valence-electron chi connectivity index (χ2n) is 31.3. The first-order chi connectivity index (χ1) is 52.8. The maximum absolute atomic E-state index is 13.5. The molecular formula is C89H161NO18. The van der Waals surface area contributed by atoms with Crippen LogP contribution < -0.4 is 5.32 Å². The molecule has 19 nitrogen and oxygen atoms in total. The van der Waals surface area contributed by atoms with Crippen molar-refractivity contribution in [2.45, 2.75) is 458 Å². The van der Waals surface area contributed by atoms with Crippen LogP contribution in [0.4, 0.5) is 0 Å². The van der Waals surface area contributed by atoms with E-state index in [1.54, 1.807) is 6.08 Å². The fourth-order valence-electron chi connectivity index (χ4n) is 14.6. The summed E-state index contributed by atoms with van der Waals surface area (Å²) >= 11 is 0. The van der Waals surface area contributed by atoms with Gasteiger partial charge in [0.25, 0.3) is 0 Å². The molecule has 3 aliphatic rings. The van der Waals surface area contributed by atoms with Crippen molar-refractivity contribution in [3.8, 4) is 0 Å². The first-order valence-electron chi connectivity index (χ1n) is 44.2. The molecule has 3 fully saturated rings. The molecule has 3 heterocycles. The number of hydrogen-bond acceptors (Lipinski definition) is 18. The van der Waals surface area contributed by atoms with E-state index >= 15 is 0 Å². The van der Waals surface area contributed by atoms with Crippen molar-refractivity contribution >= 4 is 5.91 Å². The largest absolute Gasteiger partial charge is 0.394 e. The molecule has 0 saturated carbocycles. The number of carbonyl (C=O) groups is 1. The molecular weight excluding hydrogens is 1370 g/mol. The Balaban J connectivity index is 1.35. The zero-order chi connectivity index (χ0) is 78.1. The van der Waals surface area contributed by atoms with Gasteiger partial charge in [0.05, 0.1) is 38.6 Å². The van der Waals surface area contributed by atoms with E-state index in [9.17, 15) is 61.0 Å². The van der Waals surface area contributed by atoms with Crippen LogP contribution in [0.1, 0.15) is 354 Å². The van der Waals surface area contributed by atoms with Crippen LogP contribution in [-0.4, -0.2) is 193 Å². The van der Waals surface area contributed by atoms with Gasteiger partial charge in [-0.15, -0.1) is 0 Å². The summed E-state index contributed by atoms with van der Waals surface area (Å²) in [6.07, 6.45) is 64.8. The molecule has 0 aliphatic carbocycles. The normalized spacial score (nSPS) is 25.7. The maximum atomic E-state index is 13.5. The number of ether oxygens (including phenoxy) is 6. The number of nitrogens with one attached hydrogen (secondary N) is 1. The highest BCUT2D eigenvalue weighted by Gasteiger charge is 2.54. The van der Waals surface area contributed by atoms with Gasteiger partial charge in [0.1, 0.15) is 73.2 Å². The van der Waals surface area contributed by atoms with E-state index in [2.05, 4.69) is 79.9 Å². The standard InChI is InChI=1S/C89H161NO18/c1-3-5-7-9-11-13-15-17-19-21-23-25-27-29-31-33-34-35-36-37-38-39-41-43-45-47-49-51-53-55-57-59-61-63-65-67-77(95)90-72(73(94)66-64-62-60-58-56-54-52-50-48-46-44-42-40-32-30-28-26-24-22-20-18-16-14-12-10-8-6-4-2)71-103-87-83(101)80(98)85(75(69-92)105-87)108-89-84(102)81(99)86(76(70-93)106-89)107-88-82(100)79(97)78(96)74(68-91)104-88/h15,17,21,23,27,29,48,50,56,58,64,66,72-76,78-89,91-94,96-102H,3-14,16,18-20,22,24-26,28,30-47,49,51-55,57,59-63,65,67-71H2,1-2H3,(H,90,95)/b17-15-,23-21-,29-27-,50-48+,58-56+,66-64+. The fraction of sp³-hybridized carbons (Fsp3) is 0.854. The zero-order valence-corrected chi connectivity index (χ0v) is 67.8. The molecule has 17 unspecified atom stereocenters. The third-order valence-electron chi connectivity index (χ3n) is 21.7. The minimum atomic E-state index is -1.99. The Kier molecular flexibility index (Phi) is 63.2. The molecule has 0 spiro atoms. The summed E-state index contributed by atoms with van der Waals surface area (Å²) in [6, 6.07) is -1.00. The van der Waals surface area contributed by atoms with Crippen LogP contribution in [0, 0.1) is 0 Å². The van der Waals surface area contributed by atoms with Crippen LogP contribution in [0.2, 0.25) is 0 Å². The second-order valence-corrected chi connectivity index (χ2v) is 31.3. The van der Waals surface area contributed by atoms with Gasteiger partial charge in [-0.3, -0.25) is 4.79 Å². The van der Waals surface area contributed by atoms with Gasteiger partial charge >= 0.3 is 0 Å². The molecule has 108 heavy (non-hydrogen) atoms. The molecule has 3 aliphatic heterocycles. The Labute approximate surface area is 655 Å². The first-order valence-corrected chi connectivity index (χ1v) is 44.2. The molecule has 3 rings (SSSR count). The minimum absolute atomic E-state index is 0.232. The first kappa shape index (κ1) is 99.4.